The molecular weight excluding hydrogens is 242 g/mol. The molecule has 106 valence electrons. The minimum absolute atomic E-state index is 0.0229. The molecule has 0 aliphatic rings. The second-order valence-corrected chi connectivity index (χ2v) is 5.56. The molecule has 4 nitrogen and oxygen atoms in total. The quantitative estimate of drug-likeness (QED) is 0.910. The molecule has 1 aromatic carbocycles. The fourth-order valence-electron chi connectivity index (χ4n) is 1.62. The smallest absolute Gasteiger partial charge is 0.225 e. The van der Waals surface area contributed by atoms with Gasteiger partial charge in [0.1, 0.15) is 0 Å². The third kappa shape index (κ3) is 3.88. The number of rotatable bonds is 4. The Balaban J connectivity index is 2.89. The number of carbonyl (C=O) groups excluding carboxylic acids is 1. The molecule has 1 rings (SSSR count). The highest BCUT2D eigenvalue weighted by molar-refractivity contribution is 5.81. The summed E-state index contributed by atoms with van der Waals surface area (Å²) in [5, 5.41) is 2.99. The molecule has 1 N–H and O–H groups in total. The van der Waals surface area contributed by atoms with Gasteiger partial charge in [-0.25, -0.2) is 0 Å². The molecule has 0 fully saturated rings. The summed E-state index contributed by atoms with van der Waals surface area (Å²) in [4.78, 5) is 12.0. The van der Waals surface area contributed by atoms with Crippen LogP contribution in [0.4, 0.5) is 0 Å². The van der Waals surface area contributed by atoms with Gasteiger partial charge >= 0.3 is 0 Å². The van der Waals surface area contributed by atoms with Crippen molar-refractivity contribution in [2.45, 2.75) is 33.7 Å². The van der Waals surface area contributed by atoms with E-state index in [4.69, 9.17) is 9.47 Å². The van der Waals surface area contributed by atoms with Crippen molar-refractivity contribution < 1.29 is 14.3 Å². The lowest BCUT2D eigenvalue weighted by molar-refractivity contribution is -0.129. The van der Waals surface area contributed by atoms with Gasteiger partial charge in [0.15, 0.2) is 11.5 Å². The van der Waals surface area contributed by atoms with Gasteiger partial charge in [0, 0.05) is 5.41 Å². The summed E-state index contributed by atoms with van der Waals surface area (Å²) in [5.74, 6) is 1.37. The summed E-state index contributed by atoms with van der Waals surface area (Å²) >= 11 is 0. The van der Waals surface area contributed by atoms with Gasteiger partial charge in [-0.2, -0.15) is 0 Å². The van der Waals surface area contributed by atoms with Crippen molar-refractivity contribution in [3.05, 3.63) is 23.8 Å². The van der Waals surface area contributed by atoms with E-state index >= 15 is 0 Å². The zero-order valence-corrected chi connectivity index (χ0v) is 12.5. The summed E-state index contributed by atoms with van der Waals surface area (Å²) < 4.78 is 10.5. The molecule has 1 aromatic rings. The molecule has 0 spiro atoms. The van der Waals surface area contributed by atoms with Crippen LogP contribution in [0.3, 0.4) is 0 Å². The van der Waals surface area contributed by atoms with Crippen LogP contribution in [-0.4, -0.2) is 20.1 Å². The molecular formula is C15H23NO3. The first kappa shape index (κ1) is 15.3. The topological polar surface area (TPSA) is 47.6 Å². The second-order valence-electron chi connectivity index (χ2n) is 5.56. The van der Waals surface area contributed by atoms with Crippen LogP contribution in [0.25, 0.3) is 0 Å². The minimum atomic E-state index is -0.398. The first-order valence-electron chi connectivity index (χ1n) is 6.32. The Morgan fingerprint density at radius 3 is 2.21 bits per heavy atom. The van der Waals surface area contributed by atoms with Crippen molar-refractivity contribution in [2.24, 2.45) is 5.41 Å². The average Bonchev–Trinajstić information content (AvgIpc) is 2.36. The van der Waals surface area contributed by atoms with Gasteiger partial charge in [0.05, 0.1) is 20.3 Å². The van der Waals surface area contributed by atoms with Crippen LogP contribution in [0.2, 0.25) is 0 Å². The predicted molar refractivity (Wildman–Crippen MR) is 75.6 cm³/mol. The van der Waals surface area contributed by atoms with Crippen molar-refractivity contribution in [2.75, 3.05) is 14.2 Å². The molecule has 0 heterocycles. The maximum Gasteiger partial charge on any atom is 0.225 e. The molecule has 1 amide bonds. The Labute approximate surface area is 115 Å². The molecule has 0 aliphatic heterocycles. The highest BCUT2D eigenvalue weighted by Crippen LogP contribution is 2.30. The number of hydrogen-bond donors (Lipinski definition) is 1. The molecule has 4 heteroatoms. The zero-order valence-electron chi connectivity index (χ0n) is 12.5. The Morgan fingerprint density at radius 2 is 1.74 bits per heavy atom. The van der Waals surface area contributed by atoms with E-state index in [1.807, 2.05) is 45.9 Å². The maximum atomic E-state index is 12.0. The summed E-state index contributed by atoms with van der Waals surface area (Å²) in [6, 6.07) is 5.57. The first-order valence-corrected chi connectivity index (χ1v) is 6.32. The molecule has 0 radical (unpaired) electrons. The van der Waals surface area contributed by atoms with E-state index < -0.39 is 5.41 Å². The van der Waals surface area contributed by atoms with Gasteiger partial charge in [-0.3, -0.25) is 4.79 Å². The number of amides is 1. The fraction of sp³-hybridized carbons (Fsp3) is 0.533. The third-order valence-corrected chi connectivity index (χ3v) is 2.94. The van der Waals surface area contributed by atoms with E-state index in [0.717, 1.165) is 5.56 Å². The van der Waals surface area contributed by atoms with E-state index in [2.05, 4.69) is 5.32 Å². The Morgan fingerprint density at radius 1 is 1.16 bits per heavy atom. The van der Waals surface area contributed by atoms with Gasteiger partial charge in [0.25, 0.3) is 0 Å². The van der Waals surface area contributed by atoms with Crippen LogP contribution < -0.4 is 14.8 Å². The van der Waals surface area contributed by atoms with Crippen molar-refractivity contribution >= 4 is 5.91 Å². The predicted octanol–water partition coefficient (Wildman–Crippen LogP) is 2.93. The van der Waals surface area contributed by atoms with Gasteiger partial charge in [0.2, 0.25) is 5.91 Å². The van der Waals surface area contributed by atoms with Crippen molar-refractivity contribution in [3.8, 4) is 11.5 Å². The van der Waals surface area contributed by atoms with Crippen LogP contribution in [-0.2, 0) is 4.79 Å². The van der Waals surface area contributed by atoms with Crippen molar-refractivity contribution in [1.82, 2.24) is 5.32 Å². The normalized spacial score (nSPS) is 12.7. The summed E-state index contributed by atoms with van der Waals surface area (Å²) in [7, 11) is 3.20. The van der Waals surface area contributed by atoms with Crippen LogP contribution >= 0.6 is 0 Å². The second kappa shape index (κ2) is 5.95. The number of nitrogens with one attached hydrogen (secondary N) is 1. The first-order chi connectivity index (χ1) is 8.79. The summed E-state index contributed by atoms with van der Waals surface area (Å²) in [6.07, 6.45) is 0. The Kier molecular flexibility index (Phi) is 4.81. The zero-order chi connectivity index (χ0) is 14.6. The monoisotopic (exact) mass is 265 g/mol. The van der Waals surface area contributed by atoms with E-state index in [0.29, 0.717) is 11.5 Å². The molecule has 19 heavy (non-hydrogen) atoms. The number of carbonyl (C=O) groups is 1. The highest BCUT2D eigenvalue weighted by Gasteiger charge is 2.23. The molecule has 0 saturated carbocycles. The average molecular weight is 265 g/mol. The summed E-state index contributed by atoms with van der Waals surface area (Å²) in [6.45, 7) is 7.63. The standard InChI is InChI=1S/C15H23NO3/c1-10(16-14(17)15(2,3)4)11-7-8-12(18-5)13(9-11)19-6/h7-10H,1-6H3,(H,16,17)/t10-/m0/s1. The molecule has 0 unspecified atom stereocenters. The van der Waals surface area contributed by atoms with Crippen LogP contribution in [0.5, 0.6) is 11.5 Å². The highest BCUT2D eigenvalue weighted by atomic mass is 16.5. The Hall–Kier alpha value is -1.71. The molecule has 1 atom stereocenters. The van der Waals surface area contributed by atoms with Crippen LogP contribution in [0, 0.1) is 5.41 Å². The van der Waals surface area contributed by atoms with Crippen molar-refractivity contribution in [1.29, 1.82) is 0 Å². The van der Waals surface area contributed by atoms with Crippen LogP contribution in [0.1, 0.15) is 39.3 Å². The fourth-order valence-corrected chi connectivity index (χ4v) is 1.62. The molecule has 0 bridgehead atoms. The van der Waals surface area contributed by atoms with E-state index in [9.17, 15) is 4.79 Å². The van der Waals surface area contributed by atoms with Crippen LogP contribution in [0.15, 0.2) is 18.2 Å². The lowest BCUT2D eigenvalue weighted by Gasteiger charge is -2.22. The number of ether oxygens (including phenoxy) is 2. The maximum absolute atomic E-state index is 12.0. The van der Waals surface area contributed by atoms with E-state index in [-0.39, 0.29) is 11.9 Å². The largest absolute Gasteiger partial charge is 0.493 e. The van der Waals surface area contributed by atoms with Crippen molar-refractivity contribution in [3.63, 3.8) is 0 Å². The van der Waals surface area contributed by atoms with Gasteiger partial charge in [-0.1, -0.05) is 26.8 Å². The SMILES string of the molecule is COc1ccc([C@H](C)NC(=O)C(C)(C)C)cc1OC. The molecule has 0 saturated heterocycles. The third-order valence-electron chi connectivity index (χ3n) is 2.94. The van der Waals surface area contributed by atoms with Gasteiger partial charge in [-0.15, -0.1) is 0 Å². The number of hydrogen-bond acceptors (Lipinski definition) is 3. The number of benzene rings is 1. The lowest BCUT2D eigenvalue weighted by Crippen LogP contribution is -2.36. The van der Waals surface area contributed by atoms with Gasteiger partial charge < -0.3 is 14.8 Å². The van der Waals surface area contributed by atoms with Gasteiger partial charge in [-0.05, 0) is 24.6 Å². The van der Waals surface area contributed by atoms with E-state index in [1.54, 1.807) is 14.2 Å². The molecule has 0 aromatic heterocycles. The number of methoxy groups -OCH3 is 2. The minimum Gasteiger partial charge on any atom is -0.493 e. The summed E-state index contributed by atoms with van der Waals surface area (Å²) in [5.41, 5.74) is 0.584. The lowest BCUT2D eigenvalue weighted by atomic mass is 9.94. The Bertz CT molecular complexity index is 449. The van der Waals surface area contributed by atoms with E-state index in [1.165, 1.54) is 0 Å². The molecule has 0 aliphatic carbocycles.